The largest absolute Gasteiger partial charge is 0.207 e. The summed E-state index contributed by atoms with van der Waals surface area (Å²) in [5.74, 6) is -1.44. The quantitative estimate of drug-likeness (QED) is 0.0695. The van der Waals surface area contributed by atoms with Gasteiger partial charge in [-0.2, -0.15) is 0 Å². The van der Waals surface area contributed by atoms with E-state index in [-0.39, 0.29) is 23.3 Å². The molecule has 0 heterocycles. The molecule has 58 heavy (non-hydrogen) atoms. The van der Waals surface area contributed by atoms with Crippen LogP contribution >= 0.6 is 0 Å². The van der Waals surface area contributed by atoms with Crippen molar-refractivity contribution in [3.8, 4) is 0 Å². The Bertz CT molecular complexity index is 2380. The second kappa shape index (κ2) is 16.9. The molecule has 0 aliphatic heterocycles. The molecule has 0 bridgehead atoms. The highest BCUT2D eigenvalue weighted by molar-refractivity contribution is 7.70. The molecule has 0 amide bonds. The van der Waals surface area contributed by atoms with Crippen molar-refractivity contribution in [3.05, 3.63) is 264 Å². The molecule has 0 saturated carbocycles. The first kappa shape index (κ1) is 38.3. The van der Waals surface area contributed by atoms with E-state index >= 15 is 8.78 Å². The van der Waals surface area contributed by atoms with Crippen LogP contribution in [-0.4, -0.2) is 15.2 Å². The Morgan fingerprint density at radius 2 is 0.500 bits per heavy atom. The van der Waals surface area contributed by atoms with Crippen molar-refractivity contribution >= 4 is 58.5 Å². The molecule has 0 nitrogen and oxygen atoms in total. The Kier molecular flexibility index (Phi) is 11.1. The van der Waals surface area contributed by atoms with Crippen molar-refractivity contribution in [2.24, 2.45) is 0 Å². The maximum atomic E-state index is 15.1. The fraction of sp³-hybridized carbons (Fsp3) is 0. The van der Waals surface area contributed by atoms with Crippen LogP contribution in [0.5, 0.6) is 0 Å². The van der Waals surface area contributed by atoms with Gasteiger partial charge in [0.2, 0.25) is 0 Å². The van der Waals surface area contributed by atoms with Crippen molar-refractivity contribution in [1.29, 1.82) is 0 Å². The lowest BCUT2D eigenvalue weighted by Crippen LogP contribution is -2.86. The van der Waals surface area contributed by atoms with Gasteiger partial charge in [-0.1, -0.05) is 203 Å². The average Bonchev–Trinajstić information content (AvgIpc) is 3.27. The molecule has 8 aromatic carbocycles. The summed E-state index contributed by atoms with van der Waals surface area (Å²) in [4.78, 5) is 0. The van der Waals surface area contributed by atoms with Gasteiger partial charge in [-0.3, -0.25) is 0 Å². The fourth-order valence-electron chi connectivity index (χ4n) is 8.50. The van der Waals surface area contributed by atoms with E-state index in [1.54, 1.807) is 24.3 Å². The molecule has 6 heteroatoms. The normalized spacial score (nSPS) is 12.3. The minimum Gasteiger partial charge on any atom is -0.207 e. The second-order valence-electron chi connectivity index (χ2n) is 14.2. The van der Waals surface area contributed by atoms with Crippen LogP contribution in [0.4, 0.5) is 17.6 Å². The van der Waals surface area contributed by atoms with Crippen molar-refractivity contribution < 1.29 is 17.6 Å². The van der Waals surface area contributed by atoms with Crippen LogP contribution in [-0.2, 0) is 0 Å². The van der Waals surface area contributed by atoms with Crippen molar-refractivity contribution in [1.82, 2.24) is 0 Å². The highest BCUT2D eigenvalue weighted by atomic mass is 29.3. The van der Waals surface area contributed by atoms with Gasteiger partial charge in [-0.05, 0) is 81.2 Å². The van der Waals surface area contributed by atoms with E-state index in [9.17, 15) is 8.78 Å². The molecule has 0 saturated heterocycles. The Hall–Kier alpha value is -6.61. The number of hydrogen-bond acceptors (Lipinski definition) is 0. The zero-order valence-corrected chi connectivity index (χ0v) is 33.5. The first-order valence-electron chi connectivity index (χ1n) is 19.1. The standard InChI is InChI=1S/C52H38F4Si2/c53-43-29-21-39(22-30-43)37-51(41-25-33-45(55)34-26-41)57(47-13-5-1-6-14-47,48-15-7-2-8-16-48)58(49-17-9-3-10-18-49,50-19-11-4-12-20-50)52(42-27-35-46(56)36-28-42)38-40-23-31-44(54)32-24-40/h1-38H/b51-37+,52-38+. The number of rotatable bonds is 11. The van der Waals surface area contributed by atoms with E-state index in [0.29, 0.717) is 0 Å². The molecular formula is C52H38F4Si2. The van der Waals surface area contributed by atoms with Crippen molar-refractivity contribution in [2.45, 2.75) is 0 Å². The van der Waals surface area contributed by atoms with Gasteiger partial charge in [0.05, 0.1) is 0 Å². The minimum atomic E-state index is -3.77. The predicted molar refractivity (Wildman–Crippen MR) is 237 cm³/mol. The lowest BCUT2D eigenvalue weighted by molar-refractivity contribution is 0.627. The molecule has 0 aliphatic rings. The van der Waals surface area contributed by atoms with Gasteiger partial charge in [0.15, 0.2) is 15.2 Å². The molecule has 8 aromatic rings. The summed E-state index contributed by atoms with van der Waals surface area (Å²) in [6, 6.07) is 68.5. The maximum Gasteiger partial charge on any atom is 0.155 e. The van der Waals surface area contributed by atoms with E-state index in [4.69, 9.17) is 0 Å². The lowest BCUT2D eigenvalue weighted by Gasteiger charge is -2.52. The Balaban J connectivity index is 1.71. The fourth-order valence-corrected chi connectivity index (χ4v) is 28.6. The molecule has 282 valence electrons. The van der Waals surface area contributed by atoms with Crippen LogP contribution in [0.1, 0.15) is 22.3 Å². The van der Waals surface area contributed by atoms with Gasteiger partial charge in [-0.15, -0.1) is 0 Å². The van der Waals surface area contributed by atoms with Crippen LogP contribution in [0.2, 0.25) is 0 Å². The third-order valence-corrected chi connectivity index (χ3v) is 27.7. The Morgan fingerprint density at radius 3 is 0.741 bits per heavy atom. The summed E-state index contributed by atoms with van der Waals surface area (Å²) in [6.45, 7) is 0. The third-order valence-electron chi connectivity index (χ3n) is 10.9. The Morgan fingerprint density at radius 1 is 0.276 bits per heavy atom. The van der Waals surface area contributed by atoms with Crippen molar-refractivity contribution in [2.75, 3.05) is 0 Å². The highest BCUT2D eigenvalue weighted by Crippen LogP contribution is 2.43. The van der Waals surface area contributed by atoms with Gasteiger partial charge in [0.25, 0.3) is 0 Å². The second-order valence-corrected chi connectivity index (χ2v) is 25.1. The summed E-state index contributed by atoms with van der Waals surface area (Å²) in [5.41, 5.74) is 3.18. The van der Waals surface area contributed by atoms with Crippen LogP contribution < -0.4 is 20.7 Å². The smallest absolute Gasteiger partial charge is 0.155 e. The zero-order valence-electron chi connectivity index (χ0n) is 31.5. The number of hydrogen-bond donors (Lipinski definition) is 0. The molecule has 0 atom stereocenters. The van der Waals surface area contributed by atoms with Crippen LogP contribution in [0.25, 0.3) is 22.5 Å². The monoisotopic (exact) mass is 794 g/mol. The molecule has 8 rings (SSSR count). The third kappa shape index (κ3) is 7.24. The van der Waals surface area contributed by atoms with E-state index in [1.165, 1.54) is 48.5 Å². The maximum absolute atomic E-state index is 15.1. The summed E-state index contributed by atoms with van der Waals surface area (Å²) in [7, 11) is -7.54. The summed E-state index contributed by atoms with van der Waals surface area (Å²) in [6.07, 6.45) is 4.32. The van der Waals surface area contributed by atoms with E-state index < -0.39 is 15.2 Å². The van der Waals surface area contributed by atoms with Gasteiger partial charge in [-0.25, -0.2) is 17.6 Å². The van der Waals surface area contributed by atoms with Crippen molar-refractivity contribution in [3.63, 3.8) is 0 Å². The van der Waals surface area contributed by atoms with E-state index in [2.05, 4.69) is 109 Å². The first-order valence-corrected chi connectivity index (χ1v) is 24.1. The number of halogens is 4. The first-order chi connectivity index (χ1) is 28.4. The summed E-state index contributed by atoms with van der Waals surface area (Å²) < 4.78 is 59.4. The summed E-state index contributed by atoms with van der Waals surface area (Å²) in [5, 5.41) is 6.30. The van der Waals surface area contributed by atoms with Crippen LogP contribution in [0.3, 0.4) is 0 Å². The molecule has 0 unspecified atom stereocenters. The van der Waals surface area contributed by atoms with Gasteiger partial charge in [0, 0.05) is 0 Å². The zero-order chi connectivity index (χ0) is 40.0. The SMILES string of the molecule is Fc1ccc(/C=C(\c2ccc(F)cc2)[Si](c2ccccc2)(c2ccccc2)[Si](/C(=C/c2ccc(F)cc2)c2ccc(F)cc2)(c2ccccc2)c2ccccc2)cc1. The van der Waals surface area contributed by atoms with Crippen LogP contribution in [0, 0.1) is 23.3 Å². The molecule has 0 fully saturated rings. The molecular weight excluding hydrogens is 757 g/mol. The molecule has 0 aromatic heterocycles. The van der Waals surface area contributed by atoms with E-state index in [1.807, 2.05) is 48.5 Å². The predicted octanol–water partition coefficient (Wildman–Crippen LogP) is 10.7. The topological polar surface area (TPSA) is 0 Å². The van der Waals surface area contributed by atoms with Gasteiger partial charge >= 0.3 is 0 Å². The molecule has 0 aliphatic carbocycles. The molecule has 0 N–H and O–H groups in total. The van der Waals surface area contributed by atoms with E-state index in [0.717, 1.165) is 53.4 Å². The number of benzene rings is 8. The Labute approximate surface area is 338 Å². The van der Waals surface area contributed by atoms with Gasteiger partial charge < -0.3 is 0 Å². The molecule has 0 radical (unpaired) electrons. The highest BCUT2D eigenvalue weighted by Gasteiger charge is 2.63. The van der Waals surface area contributed by atoms with Crippen LogP contribution in [0.15, 0.2) is 218 Å². The lowest BCUT2D eigenvalue weighted by atomic mass is 10.1. The van der Waals surface area contributed by atoms with Gasteiger partial charge in [0.1, 0.15) is 23.3 Å². The average molecular weight is 795 g/mol. The molecule has 0 spiro atoms. The summed E-state index contributed by atoms with van der Waals surface area (Å²) >= 11 is 0. The minimum absolute atomic E-state index is 0.353.